The minimum Gasteiger partial charge on any atom is -0.490 e. The van der Waals surface area contributed by atoms with Gasteiger partial charge in [-0.15, -0.1) is 11.8 Å². The molecule has 0 amide bonds. The Balaban J connectivity index is 2.10. The maximum absolute atomic E-state index is 8.64. The van der Waals surface area contributed by atoms with E-state index >= 15 is 0 Å². The second-order valence-corrected chi connectivity index (χ2v) is 5.46. The highest BCUT2D eigenvalue weighted by molar-refractivity contribution is 8.00. The summed E-state index contributed by atoms with van der Waals surface area (Å²) in [6.45, 7) is 3.47. The molecule has 2 rings (SSSR count). The minimum atomic E-state index is 0.296. The summed E-state index contributed by atoms with van der Waals surface area (Å²) in [6, 6.07) is 8.15. The van der Waals surface area contributed by atoms with Gasteiger partial charge in [0, 0.05) is 23.0 Å². The SMILES string of the molecule is CC(CC#N)Sc1ccc2c(c1)OCCCO2. The first-order valence-corrected chi connectivity index (χ1v) is 6.61. The van der Waals surface area contributed by atoms with Crippen LogP contribution in [0.1, 0.15) is 19.8 Å². The molecule has 0 radical (unpaired) electrons. The molecule has 0 saturated heterocycles. The van der Waals surface area contributed by atoms with Crippen LogP contribution in [0, 0.1) is 11.3 Å². The Kier molecular flexibility index (Phi) is 4.16. The van der Waals surface area contributed by atoms with Crippen LogP contribution < -0.4 is 9.47 Å². The van der Waals surface area contributed by atoms with E-state index in [1.54, 1.807) is 11.8 Å². The molecule has 1 aliphatic rings. The zero-order valence-electron chi connectivity index (χ0n) is 9.81. The van der Waals surface area contributed by atoms with Crippen LogP contribution >= 0.6 is 11.8 Å². The largest absolute Gasteiger partial charge is 0.490 e. The van der Waals surface area contributed by atoms with E-state index in [0.717, 1.165) is 22.8 Å². The predicted molar refractivity (Wildman–Crippen MR) is 67.6 cm³/mol. The summed E-state index contributed by atoms with van der Waals surface area (Å²) in [5.41, 5.74) is 0. The maximum Gasteiger partial charge on any atom is 0.162 e. The van der Waals surface area contributed by atoms with Crippen LogP contribution in [0.5, 0.6) is 11.5 Å². The van der Waals surface area contributed by atoms with Crippen molar-refractivity contribution in [3.05, 3.63) is 18.2 Å². The lowest BCUT2D eigenvalue weighted by atomic mass is 10.3. The molecule has 0 aromatic heterocycles. The number of ether oxygens (including phenoxy) is 2. The first-order valence-electron chi connectivity index (χ1n) is 5.73. The summed E-state index contributed by atoms with van der Waals surface area (Å²) in [4.78, 5) is 1.12. The molecule has 0 aliphatic carbocycles. The van der Waals surface area contributed by atoms with Gasteiger partial charge in [-0.05, 0) is 18.2 Å². The molecule has 0 fully saturated rings. The number of nitrogens with zero attached hydrogens (tertiary/aromatic N) is 1. The summed E-state index contributed by atoms with van der Waals surface area (Å²) in [5, 5.41) is 8.93. The molecule has 1 aromatic carbocycles. The molecular weight excluding hydrogens is 234 g/mol. The van der Waals surface area contributed by atoms with Crippen LogP contribution in [0.3, 0.4) is 0 Å². The third-order valence-electron chi connectivity index (χ3n) is 2.43. The summed E-state index contributed by atoms with van der Waals surface area (Å²) < 4.78 is 11.2. The van der Waals surface area contributed by atoms with Crippen molar-refractivity contribution in [2.24, 2.45) is 0 Å². The Hall–Kier alpha value is -1.34. The second-order valence-electron chi connectivity index (χ2n) is 3.95. The third-order valence-corrected chi connectivity index (χ3v) is 3.53. The Morgan fingerprint density at radius 1 is 1.35 bits per heavy atom. The normalized spacial score (nSPS) is 15.8. The molecule has 1 aliphatic heterocycles. The summed E-state index contributed by atoms with van der Waals surface area (Å²) in [5.74, 6) is 1.64. The summed E-state index contributed by atoms with van der Waals surface area (Å²) in [7, 11) is 0. The van der Waals surface area contributed by atoms with Gasteiger partial charge in [0.15, 0.2) is 11.5 Å². The predicted octanol–water partition coefficient (Wildman–Crippen LogP) is 3.24. The first-order chi connectivity index (χ1) is 8.29. The average Bonchev–Trinajstić information content (AvgIpc) is 2.53. The number of hydrogen-bond acceptors (Lipinski definition) is 4. The van der Waals surface area contributed by atoms with Crippen molar-refractivity contribution in [1.29, 1.82) is 5.26 Å². The van der Waals surface area contributed by atoms with Gasteiger partial charge in [0.25, 0.3) is 0 Å². The number of benzene rings is 1. The van der Waals surface area contributed by atoms with Crippen LogP contribution in [0.2, 0.25) is 0 Å². The van der Waals surface area contributed by atoms with Crippen molar-refractivity contribution < 1.29 is 9.47 Å². The van der Waals surface area contributed by atoms with Crippen LogP contribution in [0.25, 0.3) is 0 Å². The van der Waals surface area contributed by atoms with Crippen LogP contribution in [-0.4, -0.2) is 18.5 Å². The highest BCUT2D eigenvalue weighted by atomic mass is 32.2. The van der Waals surface area contributed by atoms with Gasteiger partial charge in [0.05, 0.1) is 19.3 Å². The van der Waals surface area contributed by atoms with E-state index in [1.165, 1.54) is 0 Å². The zero-order valence-corrected chi connectivity index (χ0v) is 10.6. The molecule has 0 bridgehead atoms. The number of thioether (sulfide) groups is 1. The van der Waals surface area contributed by atoms with Crippen molar-refractivity contribution in [1.82, 2.24) is 0 Å². The molecule has 17 heavy (non-hydrogen) atoms. The molecule has 1 atom stereocenters. The quantitative estimate of drug-likeness (QED) is 0.771. The van der Waals surface area contributed by atoms with Gasteiger partial charge < -0.3 is 9.47 Å². The number of hydrogen-bond donors (Lipinski definition) is 0. The number of fused-ring (bicyclic) bond motifs is 1. The molecule has 3 nitrogen and oxygen atoms in total. The van der Waals surface area contributed by atoms with Gasteiger partial charge in [-0.1, -0.05) is 6.92 Å². The monoisotopic (exact) mass is 249 g/mol. The number of nitriles is 1. The molecule has 1 heterocycles. The smallest absolute Gasteiger partial charge is 0.162 e. The topological polar surface area (TPSA) is 42.2 Å². The summed E-state index contributed by atoms with van der Waals surface area (Å²) in [6.07, 6.45) is 1.47. The lowest BCUT2D eigenvalue weighted by molar-refractivity contribution is 0.297. The minimum absolute atomic E-state index is 0.296. The van der Waals surface area contributed by atoms with Gasteiger partial charge in [-0.2, -0.15) is 5.26 Å². The molecule has 0 N–H and O–H groups in total. The lowest BCUT2D eigenvalue weighted by Gasteiger charge is -2.11. The third kappa shape index (κ3) is 3.31. The van der Waals surface area contributed by atoms with Crippen molar-refractivity contribution in [3.63, 3.8) is 0 Å². The van der Waals surface area contributed by atoms with Crippen molar-refractivity contribution >= 4 is 11.8 Å². The highest BCUT2D eigenvalue weighted by Gasteiger charge is 2.12. The zero-order chi connectivity index (χ0) is 12.1. The second kappa shape index (κ2) is 5.83. The van der Waals surface area contributed by atoms with E-state index in [9.17, 15) is 0 Å². The van der Waals surface area contributed by atoms with Crippen molar-refractivity contribution in [2.45, 2.75) is 29.9 Å². The van der Waals surface area contributed by atoms with Crippen LogP contribution in [0.15, 0.2) is 23.1 Å². The van der Waals surface area contributed by atoms with E-state index in [1.807, 2.05) is 18.2 Å². The molecule has 0 saturated carbocycles. The number of rotatable bonds is 3. The molecule has 1 unspecified atom stereocenters. The molecule has 90 valence electrons. The van der Waals surface area contributed by atoms with E-state index in [0.29, 0.717) is 24.9 Å². The molecule has 1 aromatic rings. The fourth-order valence-corrected chi connectivity index (χ4v) is 2.56. The Morgan fingerprint density at radius 2 is 2.12 bits per heavy atom. The van der Waals surface area contributed by atoms with Crippen molar-refractivity contribution in [2.75, 3.05) is 13.2 Å². The van der Waals surface area contributed by atoms with Gasteiger partial charge in [-0.25, -0.2) is 0 Å². The molecule has 4 heteroatoms. The highest BCUT2D eigenvalue weighted by Crippen LogP contribution is 2.35. The van der Waals surface area contributed by atoms with Gasteiger partial charge in [0.2, 0.25) is 0 Å². The van der Waals surface area contributed by atoms with Gasteiger partial charge in [0.1, 0.15) is 0 Å². The van der Waals surface area contributed by atoms with Gasteiger partial charge >= 0.3 is 0 Å². The Morgan fingerprint density at radius 3 is 2.88 bits per heavy atom. The van der Waals surface area contributed by atoms with Gasteiger partial charge in [-0.3, -0.25) is 0 Å². The lowest BCUT2D eigenvalue weighted by Crippen LogP contribution is -1.97. The fourth-order valence-electron chi connectivity index (χ4n) is 1.62. The summed E-state index contributed by atoms with van der Waals surface area (Å²) >= 11 is 1.69. The van der Waals surface area contributed by atoms with E-state index in [-0.39, 0.29) is 0 Å². The Bertz CT molecular complexity index is 428. The van der Waals surface area contributed by atoms with Crippen molar-refractivity contribution in [3.8, 4) is 17.6 Å². The van der Waals surface area contributed by atoms with Crippen LogP contribution in [0.4, 0.5) is 0 Å². The average molecular weight is 249 g/mol. The van der Waals surface area contributed by atoms with Crippen LogP contribution in [-0.2, 0) is 0 Å². The molecular formula is C13H15NO2S. The standard InChI is InChI=1S/C13H15NO2S/c1-10(5-6-14)17-11-3-4-12-13(9-11)16-8-2-7-15-12/h3-4,9-10H,2,5,7-8H2,1H3. The maximum atomic E-state index is 8.64. The van der Waals surface area contributed by atoms with E-state index in [2.05, 4.69) is 13.0 Å². The molecule has 0 spiro atoms. The van der Waals surface area contributed by atoms with E-state index in [4.69, 9.17) is 14.7 Å². The Labute approximate surface area is 106 Å². The van der Waals surface area contributed by atoms with E-state index < -0.39 is 0 Å². The fraction of sp³-hybridized carbons (Fsp3) is 0.462. The first kappa shape index (κ1) is 12.1.